The van der Waals surface area contributed by atoms with Crippen molar-refractivity contribution in [2.45, 2.75) is 73.6 Å². The minimum Gasteiger partial charge on any atom is -0.756 e. The molecule has 0 radical (unpaired) electrons. The van der Waals surface area contributed by atoms with Crippen LogP contribution in [0, 0.1) is 0 Å². The van der Waals surface area contributed by atoms with Crippen molar-refractivity contribution < 1.29 is 76.8 Å². The van der Waals surface area contributed by atoms with E-state index in [2.05, 4.69) is 74.9 Å². The summed E-state index contributed by atoms with van der Waals surface area (Å²) in [5, 5.41) is 65.1. The number of fused-ring (bicyclic) bond motifs is 3. The van der Waals surface area contributed by atoms with Crippen LogP contribution < -0.4 is 27.0 Å². The lowest BCUT2D eigenvalue weighted by atomic mass is 10.1. The van der Waals surface area contributed by atoms with Crippen molar-refractivity contribution in [1.29, 1.82) is 0 Å². The van der Waals surface area contributed by atoms with Gasteiger partial charge in [-0.25, -0.2) is 44.9 Å². The van der Waals surface area contributed by atoms with Crippen molar-refractivity contribution in [3.8, 4) is 0 Å². The minimum absolute atomic E-state index is 0.0809. The summed E-state index contributed by atoms with van der Waals surface area (Å²) in [6, 6.07) is 0. The number of nitrogens with zero attached hydrogens (tertiary/aromatic N) is 21. The molecule has 14 unspecified atom stereocenters. The van der Waals surface area contributed by atoms with Crippen LogP contribution in [0.2, 0.25) is 0 Å². The standard InChI is InChI=1S/C30H34N24O16P2/c31-19-10-22(40-4-37-19)52(28(43-10)46-49-34)25-16(59)13(56)8(67-25)2-64-71(60,61)70-18-15(58)9(68-27(18)54-24-12(21(33)39-6-42-24)45-30(54)48-51-36)3-65-72(62,63)69-17-14(57)7(1-55)66-26(17)53-23-11(20(32)38-5-41-23)44-29(53)47-50-35/h4-9,13-18,25-27,55-59H,1-3H2,(H,60,61)(H,62,63)(H2,31,37,40)(H2,32,38,41)(H2,33,39,42)/p-2. The molecule has 3 saturated heterocycles. The Labute approximate surface area is 395 Å². The maximum atomic E-state index is 13.7. The third-order valence-corrected chi connectivity index (χ3v) is 13.0. The number of hydrogen-bond acceptors (Lipinski definition) is 31. The van der Waals surface area contributed by atoms with E-state index in [-0.39, 0.29) is 50.9 Å². The first-order valence-electron chi connectivity index (χ1n) is 20.1. The maximum Gasteiger partial charge on any atom is 0.268 e. The van der Waals surface area contributed by atoms with E-state index in [9.17, 15) is 55.5 Å². The van der Waals surface area contributed by atoms with E-state index in [0.717, 1.165) is 32.7 Å². The molecule has 42 heteroatoms. The van der Waals surface area contributed by atoms with Gasteiger partial charge in [0.15, 0.2) is 69.6 Å². The summed E-state index contributed by atoms with van der Waals surface area (Å²) < 4.78 is 68.1. The van der Waals surface area contributed by atoms with Gasteiger partial charge >= 0.3 is 0 Å². The van der Waals surface area contributed by atoms with Crippen molar-refractivity contribution in [3.63, 3.8) is 0 Å². The predicted molar refractivity (Wildman–Crippen MR) is 225 cm³/mol. The second-order valence-electron chi connectivity index (χ2n) is 15.2. The number of phosphoric ester groups is 2. The van der Waals surface area contributed by atoms with Crippen LogP contribution in [0.15, 0.2) is 34.3 Å². The predicted octanol–water partition coefficient (Wildman–Crippen LogP) is -2.05. The Hall–Kier alpha value is -7.12. The van der Waals surface area contributed by atoms with Gasteiger partial charge in [-0.2, -0.15) is 0 Å². The first-order chi connectivity index (χ1) is 34.4. The number of aliphatic hydroxyl groups is 5. The highest BCUT2D eigenvalue weighted by Crippen LogP contribution is 2.51. The van der Waals surface area contributed by atoms with E-state index in [0.29, 0.717) is 0 Å². The van der Waals surface area contributed by atoms with Crippen molar-refractivity contribution in [2.24, 2.45) is 15.3 Å². The van der Waals surface area contributed by atoms with Gasteiger partial charge in [-0.15, -0.1) is 0 Å². The number of hydrogen-bond donors (Lipinski definition) is 8. The number of aliphatic hydroxyl groups excluding tert-OH is 5. The Balaban J connectivity index is 0.970. The molecule has 6 aromatic heterocycles. The lowest BCUT2D eigenvalue weighted by Crippen LogP contribution is -2.38. The molecule has 9 rings (SSSR count). The molecule has 380 valence electrons. The Morgan fingerprint density at radius 2 is 0.931 bits per heavy atom. The Bertz CT molecular complexity index is 3330. The quantitative estimate of drug-likeness (QED) is 0.0211. The van der Waals surface area contributed by atoms with Gasteiger partial charge in [-0.1, -0.05) is 0 Å². The zero-order valence-electron chi connectivity index (χ0n) is 35.5. The van der Waals surface area contributed by atoms with Crippen molar-refractivity contribution in [2.75, 3.05) is 37.0 Å². The van der Waals surface area contributed by atoms with Crippen molar-refractivity contribution in [1.82, 2.24) is 58.6 Å². The Kier molecular flexibility index (Phi) is 13.5. The fourth-order valence-corrected chi connectivity index (χ4v) is 9.75. The highest BCUT2D eigenvalue weighted by molar-refractivity contribution is 7.46. The van der Waals surface area contributed by atoms with Gasteiger partial charge in [0.25, 0.3) is 15.6 Å². The first-order valence-corrected chi connectivity index (χ1v) is 23.0. The number of anilines is 3. The third kappa shape index (κ3) is 8.97. The number of nitrogens with two attached hydrogens (primary N) is 3. The monoisotopic (exact) mass is 1050 g/mol. The molecule has 0 aromatic carbocycles. The van der Waals surface area contributed by atoms with Crippen LogP contribution in [0.1, 0.15) is 18.7 Å². The Morgan fingerprint density at radius 3 is 1.32 bits per heavy atom. The number of nitrogen functional groups attached to an aromatic ring is 3. The minimum atomic E-state index is -5.82. The van der Waals surface area contributed by atoms with Crippen molar-refractivity contribution >= 4 is 84.4 Å². The highest BCUT2D eigenvalue weighted by atomic mass is 31.2. The normalized spacial score (nSPS) is 28.9. The Morgan fingerprint density at radius 1 is 0.583 bits per heavy atom. The number of phosphoric acid groups is 2. The summed E-state index contributed by atoms with van der Waals surface area (Å²) in [5.41, 5.74) is 44.5. The molecule has 6 aromatic rings. The number of aromatic nitrogens is 12. The summed E-state index contributed by atoms with van der Waals surface area (Å²) in [6.07, 6.45) is -19.9. The molecule has 72 heavy (non-hydrogen) atoms. The molecule has 0 saturated carbocycles. The number of rotatable bonds is 17. The lowest BCUT2D eigenvalue weighted by molar-refractivity contribution is -0.238. The van der Waals surface area contributed by atoms with E-state index in [1.807, 2.05) is 0 Å². The number of imidazole rings is 3. The van der Waals surface area contributed by atoms with Crippen LogP contribution in [0.5, 0.6) is 0 Å². The second kappa shape index (κ2) is 19.5. The molecule has 0 spiro atoms. The highest BCUT2D eigenvalue weighted by Gasteiger charge is 2.52. The van der Waals surface area contributed by atoms with Gasteiger partial charge < -0.3 is 84.8 Å². The second-order valence-corrected chi connectivity index (χ2v) is 17.9. The van der Waals surface area contributed by atoms with Crippen LogP contribution >= 0.6 is 15.6 Å². The van der Waals surface area contributed by atoms with E-state index in [1.54, 1.807) is 0 Å². The zero-order valence-corrected chi connectivity index (χ0v) is 37.3. The summed E-state index contributed by atoms with van der Waals surface area (Å²) in [7, 11) is -11.6. The summed E-state index contributed by atoms with van der Waals surface area (Å²) in [4.78, 5) is 71.0. The third-order valence-electron chi connectivity index (χ3n) is 11.1. The number of ether oxygens (including phenoxy) is 3. The zero-order chi connectivity index (χ0) is 51.4. The average molecular weight is 1050 g/mol. The van der Waals surface area contributed by atoms with E-state index in [1.165, 1.54) is 0 Å². The summed E-state index contributed by atoms with van der Waals surface area (Å²) in [5.74, 6) is -2.21. The van der Waals surface area contributed by atoms with Crippen LogP contribution in [0.25, 0.3) is 64.8 Å². The maximum absolute atomic E-state index is 13.7. The van der Waals surface area contributed by atoms with Gasteiger partial charge in [0.05, 0.1) is 19.8 Å². The molecule has 0 aliphatic carbocycles. The molecule has 0 amide bonds. The summed E-state index contributed by atoms with van der Waals surface area (Å²) >= 11 is 0. The van der Waals surface area contributed by atoms with Gasteiger partial charge in [-0.05, 0) is 31.9 Å². The van der Waals surface area contributed by atoms with E-state index >= 15 is 0 Å². The van der Waals surface area contributed by atoms with Crippen LogP contribution in [-0.2, 0) is 41.4 Å². The molecular formula is C30H32N24O16P2-2. The first kappa shape index (κ1) is 49.8. The fraction of sp³-hybridized carbons (Fsp3) is 0.500. The molecular weight excluding hydrogens is 1010 g/mol. The van der Waals surface area contributed by atoms with Crippen LogP contribution in [0.3, 0.4) is 0 Å². The lowest BCUT2D eigenvalue weighted by Gasteiger charge is -2.31. The van der Waals surface area contributed by atoms with Gasteiger partial charge in [0.2, 0.25) is 17.8 Å². The van der Waals surface area contributed by atoms with Gasteiger partial charge in [-0.3, -0.25) is 22.8 Å². The largest absolute Gasteiger partial charge is 0.756 e. The van der Waals surface area contributed by atoms with Gasteiger partial charge in [0, 0.05) is 14.7 Å². The number of azide groups is 3. The molecule has 3 aliphatic heterocycles. The molecule has 3 fully saturated rings. The SMILES string of the molecule is [N-]=[N+]=Nc1nc2c(N)ncnc2n1C1OC(COP(=O)([O-])OC2C(O)C(COP(=O)([O-])OC3C(O)C(CO)OC3n3c(N=[N+]=[N-])nc4c(N)ncnc43)OC2n2c(N=[N+]=[N-])nc3c(N)ncnc32)C(O)C1O. The summed E-state index contributed by atoms with van der Waals surface area (Å²) in [6.45, 7) is -3.24. The molecule has 3 aliphatic rings. The van der Waals surface area contributed by atoms with E-state index in [4.69, 9.17) is 55.0 Å². The average Bonchev–Trinajstić information content (AvgIpc) is 4.18. The molecule has 14 atom stereocenters. The molecule has 40 nitrogen and oxygen atoms in total. The topological polar surface area (TPSA) is 601 Å². The molecule has 11 N–H and O–H groups in total. The van der Waals surface area contributed by atoms with Gasteiger partial charge in [0.1, 0.15) is 73.9 Å². The van der Waals surface area contributed by atoms with Crippen molar-refractivity contribution in [3.05, 3.63) is 50.3 Å². The smallest absolute Gasteiger partial charge is 0.268 e. The van der Waals surface area contributed by atoms with E-state index < -0.39 is 127 Å². The molecule has 9 heterocycles. The van der Waals surface area contributed by atoms with Crippen LogP contribution in [0.4, 0.5) is 35.3 Å². The molecule has 0 bridgehead atoms. The van der Waals surface area contributed by atoms with Crippen LogP contribution in [-0.4, -0.2) is 159 Å². The fourth-order valence-electron chi connectivity index (χ4n) is 7.92.